The first-order valence-corrected chi connectivity index (χ1v) is 7.24. The summed E-state index contributed by atoms with van der Waals surface area (Å²) < 4.78 is 5.09. The van der Waals surface area contributed by atoms with Crippen molar-refractivity contribution in [3.63, 3.8) is 0 Å². The van der Waals surface area contributed by atoms with E-state index in [0.29, 0.717) is 0 Å². The van der Waals surface area contributed by atoms with Crippen LogP contribution >= 0.6 is 0 Å². The highest BCUT2D eigenvalue weighted by Gasteiger charge is 2.16. The van der Waals surface area contributed by atoms with Crippen molar-refractivity contribution in [1.29, 1.82) is 0 Å². The summed E-state index contributed by atoms with van der Waals surface area (Å²) in [5, 5.41) is 9.62. The van der Waals surface area contributed by atoms with E-state index in [0.717, 1.165) is 24.8 Å². The van der Waals surface area contributed by atoms with Gasteiger partial charge in [0.05, 0.1) is 6.10 Å². The molecule has 0 aromatic heterocycles. The lowest BCUT2D eigenvalue weighted by molar-refractivity contribution is 0.169. The molecule has 1 N–H and O–H groups in total. The first kappa shape index (κ1) is 12.4. The SMILES string of the molecule is CO[SiH](C=O)CCCC1C=CC=CC1O. The molecule has 4 heteroatoms. The lowest BCUT2D eigenvalue weighted by Crippen LogP contribution is -2.21. The van der Waals surface area contributed by atoms with E-state index in [4.69, 9.17) is 4.43 Å². The maximum Gasteiger partial charge on any atom is 0.244 e. The van der Waals surface area contributed by atoms with Gasteiger partial charge in [0.1, 0.15) is 5.91 Å². The summed E-state index contributed by atoms with van der Waals surface area (Å²) in [4.78, 5) is 10.5. The minimum Gasteiger partial charge on any atom is -0.416 e. The molecular weight excluding hydrogens is 208 g/mol. The molecule has 0 fully saturated rings. The fourth-order valence-corrected chi connectivity index (χ4v) is 2.83. The van der Waals surface area contributed by atoms with Gasteiger partial charge < -0.3 is 14.3 Å². The summed E-state index contributed by atoms with van der Waals surface area (Å²) >= 11 is 0. The van der Waals surface area contributed by atoms with Crippen molar-refractivity contribution in [2.75, 3.05) is 7.11 Å². The number of rotatable bonds is 6. The second-order valence-electron chi connectivity index (χ2n) is 3.77. The van der Waals surface area contributed by atoms with Crippen molar-refractivity contribution in [3.8, 4) is 0 Å². The highest BCUT2D eigenvalue weighted by Crippen LogP contribution is 2.19. The normalized spacial score (nSPS) is 26.5. The van der Waals surface area contributed by atoms with Gasteiger partial charge in [-0.1, -0.05) is 30.7 Å². The maximum atomic E-state index is 10.5. The number of allylic oxidation sites excluding steroid dienone is 2. The summed E-state index contributed by atoms with van der Waals surface area (Å²) in [6.45, 7) is 0. The van der Waals surface area contributed by atoms with Gasteiger partial charge in [-0.05, 0) is 12.5 Å². The molecule has 0 spiro atoms. The lowest BCUT2D eigenvalue weighted by atomic mass is 9.93. The molecule has 0 heterocycles. The average Bonchev–Trinajstić information content (AvgIpc) is 2.27. The van der Waals surface area contributed by atoms with Crippen molar-refractivity contribution in [2.45, 2.75) is 25.0 Å². The van der Waals surface area contributed by atoms with Gasteiger partial charge in [0.2, 0.25) is 9.04 Å². The van der Waals surface area contributed by atoms with Gasteiger partial charge in [-0.15, -0.1) is 0 Å². The number of carbonyl (C=O) groups is 1. The summed E-state index contributed by atoms with van der Waals surface area (Å²) in [5.41, 5.74) is 0. The summed E-state index contributed by atoms with van der Waals surface area (Å²) in [6, 6.07) is 0.862. The van der Waals surface area contributed by atoms with E-state index in [1.165, 1.54) is 0 Å². The zero-order valence-corrected chi connectivity index (χ0v) is 10.2. The van der Waals surface area contributed by atoms with Crippen LogP contribution in [0, 0.1) is 5.92 Å². The van der Waals surface area contributed by atoms with Gasteiger partial charge in [-0.3, -0.25) is 0 Å². The molecule has 1 aliphatic carbocycles. The molecule has 0 amide bonds. The molecule has 1 aliphatic rings. The highest BCUT2D eigenvalue weighted by atomic mass is 28.3. The number of carbonyl (C=O) groups excluding carboxylic acids is 1. The number of aliphatic hydroxyl groups is 1. The van der Waals surface area contributed by atoms with E-state index in [9.17, 15) is 9.90 Å². The van der Waals surface area contributed by atoms with Crippen molar-refractivity contribution < 1.29 is 14.3 Å². The largest absolute Gasteiger partial charge is 0.416 e. The predicted molar refractivity (Wildman–Crippen MR) is 62.7 cm³/mol. The summed E-state index contributed by atoms with van der Waals surface area (Å²) in [6.07, 6.45) is 9.15. The Morgan fingerprint density at radius 1 is 1.47 bits per heavy atom. The van der Waals surface area contributed by atoms with Gasteiger partial charge in [0, 0.05) is 13.0 Å². The molecule has 1 rings (SSSR count). The predicted octanol–water partition coefficient (Wildman–Crippen LogP) is 1.01. The van der Waals surface area contributed by atoms with Crippen LogP contribution in [0.15, 0.2) is 24.3 Å². The summed E-state index contributed by atoms with van der Waals surface area (Å²) in [7, 11) is 0.0120. The average molecular weight is 226 g/mol. The van der Waals surface area contributed by atoms with Crippen molar-refractivity contribution in [2.24, 2.45) is 5.92 Å². The molecule has 0 aromatic rings. The van der Waals surface area contributed by atoms with E-state index >= 15 is 0 Å². The van der Waals surface area contributed by atoms with Gasteiger partial charge in [0.25, 0.3) is 0 Å². The lowest BCUT2D eigenvalue weighted by Gasteiger charge is -2.19. The fourth-order valence-electron chi connectivity index (χ4n) is 1.70. The first-order chi connectivity index (χ1) is 7.27. The maximum absolute atomic E-state index is 10.5. The van der Waals surface area contributed by atoms with Crippen LogP contribution in [0.25, 0.3) is 0 Å². The van der Waals surface area contributed by atoms with Crippen LogP contribution in [0.3, 0.4) is 0 Å². The minimum absolute atomic E-state index is 0.202. The quantitative estimate of drug-likeness (QED) is 0.543. The van der Waals surface area contributed by atoms with Gasteiger partial charge in [-0.25, -0.2) is 0 Å². The van der Waals surface area contributed by atoms with Crippen molar-refractivity contribution >= 4 is 14.9 Å². The number of hydrogen-bond acceptors (Lipinski definition) is 3. The number of aliphatic hydroxyl groups excluding tert-OH is 1. The second-order valence-corrected chi connectivity index (χ2v) is 6.16. The van der Waals surface area contributed by atoms with Crippen LogP contribution in [-0.4, -0.2) is 33.3 Å². The van der Waals surface area contributed by atoms with Gasteiger partial charge >= 0.3 is 0 Å². The highest BCUT2D eigenvalue weighted by molar-refractivity contribution is 6.79. The fraction of sp³-hybridized carbons (Fsp3) is 0.545. The van der Waals surface area contributed by atoms with Crippen LogP contribution < -0.4 is 0 Å². The molecule has 0 bridgehead atoms. The zero-order valence-electron chi connectivity index (χ0n) is 9.00. The molecule has 0 saturated heterocycles. The van der Waals surface area contributed by atoms with E-state index in [2.05, 4.69) is 0 Å². The Hall–Kier alpha value is -0.713. The Labute approximate surface area is 92.2 Å². The van der Waals surface area contributed by atoms with Gasteiger partial charge in [0.15, 0.2) is 0 Å². The first-order valence-electron chi connectivity index (χ1n) is 5.29. The van der Waals surface area contributed by atoms with Crippen molar-refractivity contribution in [3.05, 3.63) is 24.3 Å². The van der Waals surface area contributed by atoms with E-state index < -0.39 is 9.04 Å². The van der Waals surface area contributed by atoms with Crippen LogP contribution in [-0.2, 0) is 9.22 Å². The molecule has 15 heavy (non-hydrogen) atoms. The van der Waals surface area contributed by atoms with Gasteiger partial charge in [-0.2, -0.15) is 0 Å². The van der Waals surface area contributed by atoms with Crippen LogP contribution in [0.5, 0.6) is 0 Å². The molecule has 0 saturated carbocycles. The molecule has 0 aliphatic heterocycles. The monoisotopic (exact) mass is 226 g/mol. The van der Waals surface area contributed by atoms with E-state index in [1.54, 1.807) is 13.2 Å². The molecule has 3 nitrogen and oxygen atoms in total. The molecule has 3 atom stereocenters. The van der Waals surface area contributed by atoms with Crippen molar-refractivity contribution in [1.82, 2.24) is 0 Å². The third-order valence-electron chi connectivity index (χ3n) is 2.70. The van der Waals surface area contributed by atoms with E-state index in [-0.39, 0.29) is 12.0 Å². The smallest absolute Gasteiger partial charge is 0.244 e. The van der Waals surface area contributed by atoms with E-state index in [1.807, 2.05) is 18.2 Å². The topological polar surface area (TPSA) is 46.5 Å². The molecule has 0 radical (unpaired) electrons. The standard InChI is InChI=1S/C11H18O3Si/c1-14-15(9-12)8-4-6-10-5-2-3-7-11(10)13/h2-3,5,7,9-11,13,15H,4,6,8H2,1H3. The number of hydrogen-bond donors (Lipinski definition) is 1. The third-order valence-corrected chi connectivity index (χ3v) is 4.58. The molecule has 3 unspecified atom stereocenters. The Balaban J connectivity index is 2.22. The zero-order chi connectivity index (χ0) is 11.1. The third kappa shape index (κ3) is 4.11. The molecular formula is C11H18O3Si. The Morgan fingerprint density at radius 2 is 2.20 bits per heavy atom. The van der Waals surface area contributed by atoms with Crippen LogP contribution in [0.4, 0.5) is 0 Å². The minimum atomic E-state index is -1.59. The van der Waals surface area contributed by atoms with Crippen LogP contribution in [0.2, 0.25) is 6.04 Å². The molecule has 84 valence electrons. The Bertz CT molecular complexity index is 250. The molecule has 0 aromatic carbocycles. The Kier molecular flexibility index (Phi) is 5.53. The summed E-state index contributed by atoms with van der Waals surface area (Å²) in [5.74, 6) is 1.17. The Morgan fingerprint density at radius 3 is 2.80 bits per heavy atom. The van der Waals surface area contributed by atoms with Crippen LogP contribution in [0.1, 0.15) is 12.8 Å². The second kappa shape index (κ2) is 6.71.